The quantitative estimate of drug-likeness (QED) is 0.507. The third kappa shape index (κ3) is 2.78. The van der Waals surface area contributed by atoms with Gasteiger partial charge in [0, 0.05) is 12.1 Å². The van der Waals surface area contributed by atoms with Crippen molar-refractivity contribution in [3.8, 4) is 5.75 Å². The van der Waals surface area contributed by atoms with Gasteiger partial charge in [-0.15, -0.1) is 0 Å². The third-order valence-electron chi connectivity index (χ3n) is 5.50. The van der Waals surface area contributed by atoms with E-state index in [4.69, 9.17) is 9.15 Å². The highest BCUT2D eigenvalue weighted by atomic mass is 16.5. The summed E-state index contributed by atoms with van der Waals surface area (Å²) in [5.41, 5.74) is 2.31. The number of benzene rings is 3. The highest BCUT2D eigenvalue weighted by Gasteiger charge is 2.43. The van der Waals surface area contributed by atoms with E-state index in [2.05, 4.69) is 0 Å². The smallest absolute Gasteiger partial charge is 0.291 e. The number of methoxy groups -OCH3 is 1. The van der Waals surface area contributed by atoms with E-state index in [-0.39, 0.29) is 17.1 Å². The van der Waals surface area contributed by atoms with Crippen LogP contribution in [0.4, 0.5) is 0 Å². The fraction of sp³-hybridized carbons (Fsp3) is 0.120. The summed E-state index contributed by atoms with van der Waals surface area (Å²) in [7, 11) is 1.58. The number of ether oxygens (including phenoxy) is 1. The minimum atomic E-state index is -0.593. The lowest BCUT2D eigenvalue weighted by atomic mass is 9.97. The molecule has 0 bridgehead atoms. The number of para-hydroxylation sites is 2. The first-order valence-electron chi connectivity index (χ1n) is 9.72. The maximum absolute atomic E-state index is 13.5. The van der Waals surface area contributed by atoms with Gasteiger partial charge in [0.15, 0.2) is 5.43 Å². The average molecular weight is 397 g/mol. The van der Waals surface area contributed by atoms with Crippen molar-refractivity contribution in [3.63, 3.8) is 0 Å². The molecule has 1 amide bonds. The minimum Gasteiger partial charge on any atom is -0.496 e. The molecular formula is C25H19NO4. The Balaban J connectivity index is 1.76. The maximum atomic E-state index is 13.5. The second kappa shape index (κ2) is 7.19. The van der Waals surface area contributed by atoms with E-state index < -0.39 is 6.04 Å². The Morgan fingerprint density at radius 3 is 2.40 bits per heavy atom. The molecule has 3 aromatic carbocycles. The first-order valence-corrected chi connectivity index (χ1v) is 9.72. The van der Waals surface area contributed by atoms with Gasteiger partial charge in [-0.2, -0.15) is 0 Å². The van der Waals surface area contributed by atoms with Crippen molar-refractivity contribution < 1.29 is 13.9 Å². The number of carbonyl (C=O) groups is 1. The van der Waals surface area contributed by atoms with Crippen molar-refractivity contribution >= 4 is 16.9 Å². The Kier molecular flexibility index (Phi) is 4.36. The van der Waals surface area contributed by atoms with E-state index in [0.29, 0.717) is 28.8 Å². The highest BCUT2D eigenvalue weighted by molar-refractivity contribution is 5.99. The van der Waals surface area contributed by atoms with E-state index in [1.807, 2.05) is 54.6 Å². The van der Waals surface area contributed by atoms with Crippen LogP contribution in [0.5, 0.6) is 5.75 Å². The van der Waals surface area contributed by atoms with Crippen molar-refractivity contribution in [2.45, 2.75) is 12.6 Å². The molecule has 5 heteroatoms. The Hall–Kier alpha value is -3.86. The van der Waals surface area contributed by atoms with Gasteiger partial charge < -0.3 is 14.1 Å². The molecule has 0 saturated heterocycles. The van der Waals surface area contributed by atoms with Gasteiger partial charge in [-0.25, -0.2) is 0 Å². The first kappa shape index (κ1) is 18.2. The summed E-state index contributed by atoms with van der Waals surface area (Å²) in [5.74, 6) is 0.423. The maximum Gasteiger partial charge on any atom is 0.291 e. The molecule has 2 heterocycles. The van der Waals surface area contributed by atoms with Gasteiger partial charge in [-0.3, -0.25) is 9.59 Å². The minimum absolute atomic E-state index is 0.102. The highest BCUT2D eigenvalue weighted by Crippen LogP contribution is 2.42. The molecule has 4 aromatic rings. The predicted octanol–water partition coefficient (Wildman–Crippen LogP) is 4.55. The van der Waals surface area contributed by atoms with Gasteiger partial charge in [-0.1, -0.05) is 60.7 Å². The van der Waals surface area contributed by atoms with Crippen molar-refractivity contribution in [2.24, 2.45) is 0 Å². The van der Waals surface area contributed by atoms with E-state index in [1.54, 1.807) is 36.3 Å². The number of carbonyl (C=O) groups excluding carboxylic acids is 1. The zero-order chi connectivity index (χ0) is 20.7. The predicted molar refractivity (Wildman–Crippen MR) is 114 cm³/mol. The molecule has 30 heavy (non-hydrogen) atoms. The Labute approximate surface area is 173 Å². The molecule has 1 aliphatic rings. The fourth-order valence-corrected chi connectivity index (χ4v) is 4.13. The van der Waals surface area contributed by atoms with Crippen LogP contribution in [0.15, 0.2) is 88.1 Å². The number of hydrogen-bond acceptors (Lipinski definition) is 4. The van der Waals surface area contributed by atoms with Crippen LogP contribution in [0.2, 0.25) is 0 Å². The molecule has 5 rings (SSSR count). The summed E-state index contributed by atoms with van der Waals surface area (Å²) in [6.45, 7) is 0.350. The fourth-order valence-electron chi connectivity index (χ4n) is 4.13. The average Bonchev–Trinajstić information content (AvgIpc) is 3.06. The molecule has 0 spiro atoms. The molecule has 0 saturated carbocycles. The SMILES string of the molecule is COc1ccccc1C1c2c(oc3ccccc3c2=O)C(=O)N1Cc1ccccc1. The number of rotatable bonds is 4. The second-order valence-electron chi connectivity index (χ2n) is 7.23. The van der Waals surface area contributed by atoms with Gasteiger partial charge >= 0.3 is 0 Å². The summed E-state index contributed by atoms with van der Waals surface area (Å²) >= 11 is 0. The van der Waals surface area contributed by atoms with E-state index in [0.717, 1.165) is 11.1 Å². The van der Waals surface area contributed by atoms with Crippen LogP contribution < -0.4 is 10.2 Å². The summed E-state index contributed by atoms with van der Waals surface area (Å²) < 4.78 is 11.5. The normalized spacial score (nSPS) is 15.4. The van der Waals surface area contributed by atoms with Gasteiger partial charge in [0.05, 0.1) is 24.1 Å². The van der Waals surface area contributed by atoms with Crippen LogP contribution in [0, 0.1) is 0 Å². The number of nitrogens with zero attached hydrogens (tertiary/aromatic N) is 1. The molecule has 1 atom stereocenters. The third-order valence-corrected chi connectivity index (χ3v) is 5.50. The van der Waals surface area contributed by atoms with Crippen LogP contribution in [0.1, 0.15) is 33.3 Å². The number of amides is 1. The van der Waals surface area contributed by atoms with E-state index in [1.165, 1.54) is 0 Å². The monoisotopic (exact) mass is 397 g/mol. The molecule has 1 aromatic heterocycles. The van der Waals surface area contributed by atoms with Crippen LogP contribution in [-0.4, -0.2) is 17.9 Å². The van der Waals surface area contributed by atoms with E-state index >= 15 is 0 Å². The molecule has 0 N–H and O–H groups in total. The Morgan fingerprint density at radius 1 is 0.900 bits per heavy atom. The topological polar surface area (TPSA) is 59.8 Å². The molecule has 0 radical (unpaired) electrons. The zero-order valence-corrected chi connectivity index (χ0v) is 16.4. The molecule has 1 aliphatic heterocycles. The van der Waals surface area contributed by atoms with Crippen LogP contribution in [-0.2, 0) is 6.54 Å². The lowest BCUT2D eigenvalue weighted by molar-refractivity contribution is 0.0713. The van der Waals surface area contributed by atoms with Gasteiger partial charge in [0.2, 0.25) is 5.76 Å². The lowest BCUT2D eigenvalue weighted by Crippen LogP contribution is -2.29. The van der Waals surface area contributed by atoms with Crippen molar-refractivity contribution in [1.29, 1.82) is 0 Å². The lowest BCUT2D eigenvalue weighted by Gasteiger charge is -2.26. The summed E-state index contributed by atoms with van der Waals surface area (Å²) in [6, 6.07) is 23.6. The van der Waals surface area contributed by atoms with Gasteiger partial charge in [-0.05, 0) is 23.8 Å². The largest absolute Gasteiger partial charge is 0.496 e. The first-order chi connectivity index (χ1) is 14.7. The number of hydrogen-bond donors (Lipinski definition) is 0. The van der Waals surface area contributed by atoms with Crippen LogP contribution in [0.25, 0.3) is 11.0 Å². The Bertz CT molecular complexity index is 1310. The molecule has 0 aliphatic carbocycles. The molecule has 1 unspecified atom stereocenters. The molecule has 0 fully saturated rings. The van der Waals surface area contributed by atoms with Crippen LogP contribution >= 0.6 is 0 Å². The number of fused-ring (bicyclic) bond motifs is 2. The van der Waals surface area contributed by atoms with Crippen molar-refractivity contribution in [2.75, 3.05) is 7.11 Å². The molecule has 5 nitrogen and oxygen atoms in total. The standard InChI is InChI=1S/C25H19NO4/c1-29-19-13-7-5-11-17(19)22-21-23(27)18-12-6-8-14-20(18)30-24(21)25(28)26(22)15-16-9-3-2-4-10-16/h2-14,22H,15H2,1H3. The molecular weight excluding hydrogens is 378 g/mol. The summed E-state index contributed by atoms with van der Waals surface area (Å²) in [4.78, 5) is 28.6. The summed E-state index contributed by atoms with van der Waals surface area (Å²) in [5, 5.41) is 0.463. The summed E-state index contributed by atoms with van der Waals surface area (Å²) in [6.07, 6.45) is 0. The van der Waals surface area contributed by atoms with Crippen LogP contribution in [0.3, 0.4) is 0 Å². The van der Waals surface area contributed by atoms with Crippen molar-refractivity contribution in [1.82, 2.24) is 4.90 Å². The Morgan fingerprint density at radius 2 is 1.60 bits per heavy atom. The second-order valence-corrected chi connectivity index (χ2v) is 7.23. The molecule has 148 valence electrons. The zero-order valence-electron chi connectivity index (χ0n) is 16.4. The van der Waals surface area contributed by atoms with Crippen molar-refractivity contribution in [3.05, 3.63) is 112 Å². The van der Waals surface area contributed by atoms with Gasteiger partial charge in [0.25, 0.3) is 5.91 Å². The van der Waals surface area contributed by atoms with E-state index in [9.17, 15) is 9.59 Å². The van der Waals surface area contributed by atoms with Gasteiger partial charge in [0.1, 0.15) is 11.3 Å².